The van der Waals surface area contributed by atoms with Crippen LogP contribution in [0.5, 0.6) is 0 Å². The van der Waals surface area contributed by atoms with E-state index >= 15 is 0 Å². The van der Waals surface area contributed by atoms with Gasteiger partial charge in [0.2, 0.25) is 5.95 Å². The molecule has 0 spiro atoms. The monoisotopic (exact) mass is 203 g/mol. The van der Waals surface area contributed by atoms with E-state index in [-0.39, 0.29) is 5.95 Å². The molecule has 2 aromatic rings. The van der Waals surface area contributed by atoms with Crippen molar-refractivity contribution in [3.05, 3.63) is 30.5 Å². The number of ether oxygens (including phenoxy) is 1. The molecule has 0 unspecified atom stereocenters. The van der Waals surface area contributed by atoms with Gasteiger partial charge in [0.15, 0.2) is 0 Å². The molecule has 5 nitrogen and oxygen atoms in total. The fraction of sp³-hybridized carbons (Fsp3) is 0.100. The van der Waals surface area contributed by atoms with Crippen molar-refractivity contribution in [3.63, 3.8) is 0 Å². The van der Waals surface area contributed by atoms with Gasteiger partial charge in [-0.1, -0.05) is 18.2 Å². The highest BCUT2D eigenvalue weighted by molar-refractivity contribution is 5.84. The van der Waals surface area contributed by atoms with Crippen molar-refractivity contribution in [2.75, 3.05) is 12.4 Å². The first-order valence-corrected chi connectivity index (χ1v) is 4.36. The van der Waals surface area contributed by atoms with Crippen molar-refractivity contribution < 1.29 is 9.53 Å². The van der Waals surface area contributed by atoms with E-state index in [4.69, 9.17) is 0 Å². The van der Waals surface area contributed by atoms with Crippen LogP contribution >= 0.6 is 0 Å². The lowest BCUT2D eigenvalue weighted by molar-refractivity contribution is 0.186. The molecule has 1 heterocycles. The summed E-state index contributed by atoms with van der Waals surface area (Å²) in [5, 5.41) is 3.32. The predicted octanol–water partition coefficient (Wildman–Crippen LogP) is 1.81. The van der Waals surface area contributed by atoms with Crippen molar-refractivity contribution in [3.8, 4) is 0 Å². The summed E-state index contributed by atoms with van der Waals surface area (Å²) >= 11 is 0. The molecule has 0 saturated heterocycles. The van der Waals surface area contributed by atoms with Gasteiger partial charge in [-0.3, -0.25) is 5.32 Å². The summed E-state index contributed by atoms with van der Waals surface area (Å²) in [5.41, 5.74) is 0.777. The maximum atomic E-state index is 10.9. The minimum Gasteiger partial charge on any atom is -0.453 e. The summed E-state index contributed by atoms with van der Waals surface area (Å²) < 4.78 is 4.44. The Morgan fingerprint density at radius 3 is 3.00 bits per heavy atom. The number of amides is 1. The van der Waals surface area contributed by atoms with E-state index in [2.05, 4.69) is 20.0 Å². The molecular formula is C10H9N3O2. The van der Waals surface area contributed by atoms with Crippen LogP contribution in [0.2, 0.25) is 0 Å². The predicted molar refractivity (Wildman–Crippen MR) is 55.6 cm³/mol. The molecule has 15 heavy (non-hydrogen) atoms. The van der Waals surface area contributed by atoms with Gasteiger partial charge in [0, 0.05) is 11.6 Å². The van der Waals surface area contributed by atoms with Gasteiger partial charge in [-0.2, -0.15) is 0 Å². The van der Waals surface area contributed by atoms with Gasteiger partial charge >= 0.3 is 6.09 Å². The summed E-state index contributed by atoms with van der Waals surface area (Å²) in [7, 11) is 1.29. The van der Waals surface area contributed by atoms with Crippen LogP contribution in [0.25, 0.3) is 10.9 Å². The Balaban J connectivity index is 2.34. The lowest BCUT2D eigenvalue weighted by Crippen LogP contribution is -2.13. The molecule has 1 amide bonds. The molecule has 0 bridgehead atoms. The zero-order chi connectivity index (χ0) is 10.7. The molecule has 0 fully saturated rings. The number of methoxy groups -OCH3 is 1. The van der Waals surface area contributed by atoms with E-state index in [1.54, 1.807) is 6.20 Å². The molecule has 2 rings (SSSR count). The van der Waals surface area contributed by atoms with Crippen molar-refractivity contribution in [1.82, 2.24) is 9.97 Å². The van der Waals surface area contributed by atoms with Gasteiger partial charge in [-0.25, -0.2) is 14.8 Å². The molecular weight excluding hydrogens is 194 g/mol. The van der Waals surface area contributed by atoms with E-state index in [1.165, 1.54) is 7.11 Å². The van der Waals surface area contributed by atoms with E-state index in [9.17, 15) is 4.79 Å². The van der Waals surface area contributed by atoms with Crippen LogP contribution < -0.4 is 5.32 Å². The van der Waals surface area contributed by atoms with Crippen LogP contribution in [0.4, 0.5) is 10.7 Å². The Morgan fingerprint density at radius 1 is 1.40 bits per heavy atom. The van der Waals surface area contributed by atoms with Crippen molar-refractivity contribution in [2.45, 2.75) is 0 Å². The second kappa shape index (κ2) is 3.91. The maximum absolute atomic E-state index is 10.9. The molecule has 1 aromatic carbocycles. The Morgan fingerprint density at radius 2 is 2.20 bits per heavy atom. The molecule has 0 aliphatic heterocycles. The van der Waals surface area contributed by atoms with Crippen LogP contribution in [0, 0.1) is 0 Å². The second-order valence-electron chi connectivity index (χ2n) is 2.87. The van der Waals surface area contributed by atoms with Crippen LogP contribution in [-0.2, 0) is 4.74 Å². The third-order valence-corrected chi connectivity index (χ3v) is 1.89. The maximum Gasteiger partial charge on any atom is 0.413 e. The minimum atomic E-state index is -0.578. The molecule has 76 valence electrons. The summed E-state index contributed by atoms with van der Waals surface area (Å²) in [6.45, 7) is 0. The summed E-state index contributed by atoms with van der Waals surface area (Å²) in [5.74, 6) is 0.237. The fourth-order valence-electron chi connectivity index (χ4n) is 1.17. The number of carbonyl (C=O) groups excluding carboxylic acids is 1. The number of anilines is 1. The molecule has 5 heteroatoms. The average Bonchev–Trinajstić information content (AvgIpc) is 2.29. The number of benzene rings is 1. The van der Waals surface area contributed by atoms with Crippen molar-refractivity contribution in [2.24, 2.45) is 0 Å². The van der Waals surface area contributed by atoms with Gasteiger partial charge in [0.25, 0.3) is 0 Å². The van der Waals surface area contributed by atoms with E-state index < -0.39 is 6.09 Å². The van der Waals surface area contributed by atoms with Gasteiger partial charge in [-0.05, 0) is 6.07 Å². The average molecular weight is 203 g/mol. The smallest absolute Gasteiger partial charge is 0.413 e. The molecule has 0 aliphatic rings. The first-order valence-electron chi connectivity index (χ1n) is 4.36. The molecule has 1 N–H and O–H groups in total. The van der Waals surface area contributed by atoms with Gasteiger partial charge in [0.05, 0.1) is 12.6 Å². The third-order valence-electron chi connectivity index (χ3n) is 1.89. The Kier molecular flexibility index (Phi) is 2.45. The summed E-state index contributed by atoms with van der Waals surface area (Å²) in [4.78, 5) is 19.0. The van der Waals surface area contributed by atoms with Gasteiger partial charge < -0.3 is 4.74 Å². The second-order valence-corrected chi connectivity index (χ2v) is 2.87. The Bertz CT molecular complexity index is 499. The number of hydrogen-bond donors (Lipinski definition) is 1. The normalized spacial score (nSPS) is 9.93. The van der Waals surface area contributed by atoms with Crippen LogP contribution in [0.1, 0.15) is 0 Å². The van der Waals surface area contributed by atoms with Crippen molar-refractivity contribution in [1.29, 1.82) is 0 Å². The zero-order valence-corrected chi connectivity index (χ0v) is 8.10. The topological polar surface area (TPSA) is 64.1 Å². The highest BCUT2D eigenvalue weighted by atomic mass is 16.5. The highest BCUT2D eigenvalue weighted by Crippen LogP contribution is 2.11. The summed E-state index contributed by atoms with van der Waals surface area (Å²) in [6, 6.07) is 7.52. The van der Waals surface area contributed by atoms with Gasteiger partial charge in [-0.15, -0.1) is 0 Å². The van der Waals surface area contributed by atoms with E-state index in [0.717, 1.165) is 10.9 Å². The Labute approximate surface area is 86.1 Å². The SMILES string of the molecule is COC(=O)Nc1ncc2ccccc2n1. The summed E-state index contributed by atoms with van der Waals surface area (Å²) in [6.07, 6.45) is 1.07. The standard InChI is InChI=1S/C10H9N3O2/c1-15-10(14)13-9-11-6-7-4-2-3-5-8(7)12-9/h2-6H,1H3,(H,11,12,13,14). The number of nitrogens with zero attached hydrogens (tertiary/aromatic N) is 2. The molecule has 0 radical (unpaired) electrons. The molecule has 1 aromatic heterocycles. The number of para-hydroxylation sites is 1. The minimum absolute atomic E-state index is 0.237. The molecule has 0 saturated carbocycles. The van der Waals surface area contributed by atoms with Crippen LogP contribution in [-0.4, -0.2) is 23.2 Å². The molecule has 0 atom stereocenters. The zero-order valence-electron chi connectivity index (χ0n) is 8.10. The molecule has 0 aliphatic carbocycles. The fourth-order valence-corrected chi connectivity index (χ4v) is 1.17. The quantitative estimate of drug-likeness (QED) is 0.767. The van der Waals surface area contributed by atoms with Crippen LogP contribution in [0.3, 0.4) is 0 Å². The largest absolute Gasteiger partial charge is 0.453 e. The van der Waals surface area contributed by atoms with E-state index in [1.807, 2.05) is 24.3 Å². The number of nitrogens with one attached hydrogen (secondary N) is 1. The highest BCUT2D eigenvalue weighted by Gasteiger charge is 2.03. The van der Waals surface area contributed by atoms with Gasteiger partial charge in [0.1, 0.15) is 0 Å². The number of aromatic nitrogens is 2. The number of rotatable bonds is 1. The Hall–Kier alpha value is -2.17. The lowest BCUT2D eigenvalue weighted by atomic mass is 10.2. The number of hydrogen-bond acceptors (Lipinski definition) is 4. The third kappa shape index (κ3) is 2.01. The number of carbonyl (C=O) groups is 1. The van der Waals surface area contributed by atoms with Crippen LogP contribution in [0.15, 0.2) is 30.5 Å². The number of fused-ring (bicyclic) bond motifs is 1. The van der Waals surface area contributed by atoms with Crippen molar-refractivity contribution >= 4 is 22.9 Å². The van der Waals surface area contributed by atoms with E-state index in [0.29, 0.717) is 0 Å². The lowest BCUT2D eigenvalue weighted by Gasteiger charge is -2.02. The first kappa shape index (κ1) is 9.39. The first-order chi connectivity index (χ1) is 7.29.